The van der Waals surface area contributed by atoms with Crippen molar-refractivity contribution in [3.05, 3.63) is 64.4 Å². The van der Waals surface area contributed by atoms with Gasteiger partial charge >= 0.3 is 0 Å². The number of hydrogen-bond acceptors (Lipinski definition) is 4. The molecule has 6 heteroatoms. The summed E-state index contributed by atoms with van der Waals surface area (Å²) < 4.78 is 1.53. The van der Waals surface area contributed by atoms with E-state index in [1.165, 1.54) is 16.3 Å². The Bertz CT molecular complexity index is 964. The van der Waals surface area contributed by atoms with E-state index in [2.05, 4.69) is 4.98 Å². The lowest BCUT2D eigenvalue weighted by molar-refractivity contribution is -0.117. The summed E-state index contributed by atoms with van der Waals surface area (Å²) in [5, 5.41) is 0.498. The van der Waals surface area contributed by atoms with Crippen LogP contribution in [0, 0.1) is 6.92 Å². The van der Waals surface area contributed by atoms with E-state index in [-0.39, 0.29) is 5.56 Å². The van der Waals surface area contributed by atoms with Crippen molar-refractivity contribution in [2.45, 2.75) is 24.3 Å². The van der Waals surface area contributed by atoms with E-state index < -0.39 is 11.2 Å². The number of thioether (sulfide) groups is 1. The summed E-state index contributed by atoms with van der Waals surface area (Å²) in [5.74, 6) is -0.446. The van der Waals surface area contributed by atoms with Gasteiger partial charge in [-0.2, -0.15) is 0 Å². The lowest BCUT2D eigenvalue weighted by Gasteiger charge is -2.15. The summed E-state index contributed by atoms with van der Waals surface area (Å²) in [6.07, 6.45) is 0. The Labute approximate surface area is 143 Å². The Morgan fingerprint density at radius 3 is 2.50 bits per heavy atom. The molecule has 0 bridgehead atoms. The fraction of sp³-hybridized carbons (Fsp3) is 0.167. The number of amides is 1. The largest absolute Gasteiger partial charge is 0.369 e. The SMILES string of the molecule is Cc1ccc(-n2c(S[C@H](C)C(N)=O)nc3ccccc3c2=O)cc1. The van der Waals surface area contributed by atoms with E-state index in [0.29, 0.717) is 21.7 Å². The van der Waals surface area contributed by atoms with Crippen LogP contribution >= 0.6 is 11.8 Å². The summed E-state index contributed by atoms with van der Waals surface area (Å²) >= 11 is 1.18. The molecule has 2 N–H and O–H groups in total. The zero-order valence-corrected chi connectivity index (χ0v) is 14.2. The van der Waals surface area contributed by atoms with Crippen LogP contribution in [0.2, 0.25) is 0 Å². The number of nitrogens with zero attached hydrogens (tertiary/aromatic N) is 2. The number of para-hydroxylation sites is 1. The van der Waals surface area contributed by atoms with E-state index in [1.807, 2.05) is 43.3 Å². The molecule has 3 rings (SSSR count). The Kier molecular flexibility index (Phi) is 4.40. The molecule has 5 nitrogen and oxygen atoms in total. The number of rotatable bonds is 4. The van der Waals surface area contributed by atoms with Gasteiger partial charge < -0.3 is 5.73 Å². The van der Waals surface area contributed by atoms with Crippen molar-refractivity contribution in [2.24, 2.45) is 5.73 Å². The van der Waals surface area contributed by atoms with Gasteiger partial charge in [0.25, 0.3) is 5.56 Å². The molecule has 0 aliphatic carbocycles. The Hall–Kier alpha value is -2.60. The lowest BCUT2D eigenvalue weighted by Crippen LogP contribution is -2.26. The first-order valence-corrected chi connectivity index (χ1v) is 8.40. The molecule has 0 radical (unpaired) electrons. The molecule has 0 unspecified atom stereocenters. The van der Waals surface area contributed by atoms with Crippen LogP contribution in [0.15, 0.2) is 58.5 Å². The second-order valence-corrected chi connectivity index (χ2v) is 6.86. The quantitative estimate of drug-likeness (QED) is 0.585. The van der Waals surface area contributed by atoms with Crippen LogP contribution in [0.25, 0.3) is 16.6 Å². The number of hydrogen-bond donors (Lipinski definition) is 1. The second-order valence-electron chi connectivity index (χ2n) is 5.55. The topological polar surface area (TPSA) is 78.0 Å². The third-order valence-corrected chi connectivity index (χ3v) is 4.79. The highest BCUT2D eigenvalue weighted by molar-refractivity contribution is 8.00. The summed E-state index contributed by atoms with van der Waals surface area (Å²) in [6.45, 7) is 3.68. The maximum Gasteiger partial charge on any atom is 0.266 e. The van der Waals surface area contributed by atoms with Crippen molar-refractivity contribution < 1.29 is 4.79 Å². The Morgan fingerprint density at radius 1 is 1.17 bits per heavy atom. The second kappa shape index (κ2) is 6.49. The number of nitrogens with two attached hydrogens (primary N) is 1. The average Bonchev–Trinajstić information content (AvgIpc) is 2.56. The summed E-state index contributed by atoms with van der Waals surface area (Å²) in [5.41, 5.74) is 7.62. The summed E-state index contributed by atoms with van der Waals surface area (Å²) in [7, 11) is 0. The van der Waals surface area contributed by atoms with Gasteiger partial charge in [0.05, 0.1) is 21.8 Å². The minimum atomic E-state index is -0.491. The molecular weight excluding hydrogens is 322 g/mol. The standard InChI is InChI=1S/C18H17N3O2S/c1-11-7-9-13(10-8-11)21-17(23)14-5-3-4-6-15(14)20-18(21)24-12(2)16(19)22/h3-10,12H,1-2H3,(H2,19,22)/t12-/m1/s1. The number of primary amides is 1. The van der Waals surface area contributed by atoms with Gasteiger partial charge in [0.1, 0.15) is 0 Å². The van der Waals surface area contributed by atoms with Crippen molar-refractivity contribution in [1.82, 2.24) is 9.55 Å². The first-order chi connectivity index (χ1) is 11.5. The smallest absolute Gasteiger partial charge is 0.266 e. The third-order valence-electron chi connectivity index (χ3n) is 3.72. The molecule has 0 fully saturated rings. The fourth-order valence-corrected chi connectivity index (χ4v) is 3.21. The molecule has 1 atom stereocenters. The zero-order valence-electron chi connectivity index (χ0n) is 13.4. The molecule has 0 saturated heterocycles. The van der Waals surface area contributed by atoms with Gasteiger partial charge in [-0.15, -0.1) is 0 Å². The fourth-order valence-electron chi connectivity index (χ4n) is 2.33. The van der Waals surface area contributed by atoms with Gasteiger partial charge in [0, 0.05) is 0 Å². The van der Waals surface area contributed by atoms with Crippen molar-refractivity contribution in [2.75, 3.05) is 0 Å². The van der Waals surface area contributed by atoms with Crippen molar-refractivity contribution in [1.29, 1.82) is 0 Å². The van der Waals surface area contributed by atoms with Gasteiger partial charge in [-0.1, -0.05) is 41.6 Å². The molecule has 0 aliphatic rings. The zero-order chi connectivity index (χ0) is 17.3. The van der Waals surface area contributed by atoms with Crippen LogP contribution in [0.1, 0.15) is 12.5 Å². The van der Waals surface area contributed by atoms with Crippen LogP contribution in [-0.4, -0.2) is 20.7 Å². The van der Waals surface area contributed by atoms with Crippen molar-refractivity contribution in [3.63, 3.8) is 0 Å². The number of benzene rings is 2. The predicted molar refractivity (Wildman–Crippen MR) is 96.6 cm³/mol. The minimum Gasteiger partial charge on any atom is -0.369 e. The van der Waals surface area contributed by atoms with Gasteiger partial charge in [-0.3, -0.25) is 14.2 Å². The number of fused-ring (bicyclic) bond motifs is 1. The molecule has 2 aromatic carbocycles. The predicted octanol–water partition coefficient (Wildman–Crippen LogP) is 2.66. The van der Waals surface area contributed by atoms with Crippen molar-refractivity contribution >= 4 is 28.6 Å². The van der Waals surface area contributed by atoms with E-state index in [1.54, 1.807) is 19.1 Å². The first kappa shape index (κ1) is 16.3. The molecule has 1 heterocycles. The van der Waals surface area contributed by atoms with E-state index in [0.717, 1.165) is 5.56 Å². The van der Waals surface area contributed by atoms with Crippen LogP contribution in [0.5, 0.6) is 0 Å². The number of aromatic nitrogens is 2. The Balaban J connectivity index is 2.27. The minimum absolute atomic E-state index is 0.163. The van der Waals surface area contributed by atoms with Crippen molar-refractivity contribution in [3.8, 4) is 5.69 Å². The number of aryl methyl sites for hydroxylation is 1. The maximum absolute atomic E-state index is 13.0. The lowest BCUT2D eigenvalue weighted by atomic mass is 10.2. The maximum atomic E-state index is 13.0. The van der Waals surface area contributed by atoms with Gasteiger partial charge in [0.2, 0.25) is 5.91 Å². The normalized spacial score (nSPS) is 12.2. The molecule has 0 aliphatic heterocycles. The monoisotopic (exact) mass is 339 g/mol. The molecule has 24 heavy (non-hydrogen) atoms. The van der Waals surface area contributed by atoms with Crippen LogP contribution in [0.4, 0.5) is 0 Å². The summed E-state index contributed by atoms with van der Waals surface area (Å²) in [4.78, 5) is 29.0. The molecule has 1 aromatic heterocycles. The van der Waals surface area contributed by atoms with E-state index in [4.69, 9.17) is 5.73 Å². The number of carbonyl (C=O) groups excluding carboxylic acids is 1. The van der Waals surface area contributed by atoms with Crippen LogP contribution in [-0.2, 0) is 4.79 Å². The average molecular weight is 339 g/mol. The highest BCUT2D eigenvalue weighted by Gasteiger charge is 2.18. The molecule has 122 valence electrons. The Morgan fingerprint density at radius 2 is 1.83 bits per heavy atom. The van der Waals surface area contributed by atoms with E-state index >= 15 is 0 Å². The molecular formula is C18H17N3O2S. The summed E-state index contributed by atoms with van der Waals surface area (Å²) in [6, 6.07) is 14.8. The highest BCUT2D eigenvalue weighted by atomic mass is 32.2. The molecule has 3 aromatic rings. The van der Waals surface area contributed by atoms with Gasteiger partial charge in [0.15, 0.2) is 5.16 Å². The van der Waals surface area contributed by atoms with Gasteiger partial charge in [-0.25, -0.2) is 4.98 Å². The van der Waals surface area contributed by atoms with E-state index in [9.17, 15) is 9.59 Å². The molecule has 0 spiro atoms. The number of carbonyl (C=O) groups is 1. The molecule has 1 amide bonds. The first-order valence-electron chi connectivity index (χ1n) is 7.52. The highest BCUT2D eigenvalue weighted by Crippen LogP contribution is 2.24. The van der Waals surface area contributed by atoms with Crippen LogP contribution in [0.3, 0.4) is 0 Å². The molecule has 0 saturated carbocycles. The third kappa shape index (κ3) is 3.05. The van der Waals surface area contributed by atoms with Crippen LogP contribution < -0.4 is 11.3 Å². The van der Waals surface area contributed by atoms with Gasteiger partial charge in [-0.05, 0) is 38.1 Å².